The summed E-state index contributed by atoms with van der Waals surface area (Å²) in [6.45, 7) is 2.00. The summed E-state index contributed by atoms with van der Waals surface area (Å²) < 4.78 is 0. The van der Waals surface area contributed by atoms with Gasteiger partial charge in [0, 0.05) is 17.8 Å². The molecule has 0 bridgehead atoms. The van der Waals surface area contributed by atoms with Gasteiger partial charge in [-0.3, -0.25) is 0 Å². The van der Waals surface area contributed by atoms with E-state index in [2.05, 4.69) is 10.6 Å². The topological polar surface area (TPSA) is 67.2 Å². The van der Waals surface area contributed by atoms with Crippen LogP contribution < -0.4 is 16.4 Å². The number of carbonyl (C=O) groups excluding carboxylic acids is 1. The van der Waals surface area contributed by atoms with E-state index in [0.717, 1.165) is 16.8 Å². The second-order valence-electron chi connectivity index (χ2n) is 4.79. The van der Waals surface area contributed by atoms with Crippen molar-refractivity contribution >= 4 is 34.6 Å². The van der Waals surface area contributed by atoms with Gasteiger partial charge in [0.15, 0.2) is 0 Å². The van der Waals surface area contributed by atoms with Crippen molar-refractivity contribution in [3.05, 3.63) is 59.7 Å². The van der Waals surface area contributed by atoms with Crippen molar-refractivity contribution in [2.45, 2.75) is 13.3 Å². The normalized spacial score (nSPS) is 9.95. The molecule has 4 nitrogen and oxygen atoms in total. The van der Waals surface area contributed by atoms with Crippen LogP contribution in [0.4, 0.5) is 16.2 Å². The molecule has 0 aliphatic carbocycles. The summed E-state index contributed by atoms with van der Waals surface area (Å²) >= 11 is 4.86. The number of urea groups is 1. The third kappa shape index (κ3) is 4.89. The smallest absolute Gasteiger partial charge is 0.323 e. The maximum Gasteiger partial charge on any atom is 0.323 e. The molecule has 0 aromatic heterocycles. The minimum atomic E-state index is -0.277. The molecular formula is C16H17N3OS. The number of anilines is 2. The Balaban J connectivity index is 1.93. The standard InChI is InChI=1S/C16H17N3OS/c1-11-2-6-13(7-3-11)18-16(20)19-14-8-4-12(5-9-14)10-15(17)21/h2-9H,10H2,1H3,(H2,17,21)(H2,18,19,20). The van der Waals surface area contributed by atoms with E-state index in [9.17, 15) is 4.79 Å². The molecule has 21 heavy (non-hydrogen) atoms. The number of nitrogens with two attached hydrogens (primary N) is 1. The van der Waals surface area contributed by atoms with Gasteiger partial charge < -0.3 is 16.4 Å². The van der Waals surface area contributed by atoms with Gasteiger partial charge in [-0.2, -0.15) is 0 Å². The molecular weight excluding hydrogens is 282 g/mol. The quantitative estimate of drug-likeness (QED) is 0.757. The fourth-order valence-electron chi connectivity index (χ4n) is 1.84. The predicted octanol–water partition coefficient (Wildman–Crippen LogP) is 3.47. The van der Waals surface area contributed by atoms with Crippen LogP contribution in [0.1, 0.15) is 11.1 Å². The molecule has 0 saturated heterocycles. The van der Waals surface area contributed by atoms with Crippen molar-refractivity contribution in [2.24, 2.45) is 5.73 Å². The lowest BCUT2D eigenvalue weighted by atomic mass is 10.1. The average Bonchev–Trinajstić information content (AvgIpc) is 2.43. The number of aryl methyl sites for hydroxylation is 1. The molecule has 0 atom stereocenters. The van der Waals surface area contributed by atoms with Gasteiger partial charge in [0.2, 0.25) is 0 Å². The van der Waals surface area contributed by atoms with Crippen molar-refractivity contribution in [2.75, 3.05) is 10.6 Å². The third-order valence-corrected chi connectivity index (χ3v) is 3.04. The zero-order valence-electron chi connectivity index (χ0n) is 11.7. The number of hydrogen-bond donors (Lipinski definition) is 3. The Morgan fingerprint density at radius 1 is 1.00 bits per heavy atom. The molecule has 0 aliphatic rings. The van der Waals surface area contributed by atoms with Gasteiger partial charge >= 0.3 is 6.03 Å². The average molecular weight is 299 g/mol. The molecule has 0 radical (unpaired) electrons. The van der Waals surface area contributed by atoms with Crippen molar-refractivity contribution < 1.29 is 4.79 Å². The van der Waals surface area contributed by atoms with Crippen LogP contribution in [-0.4, -0.2) is 11.0 Å². The first kappa shape index (κ1) is 15.0. The van der Waals surface area contributed by atoms with Crippen molar-refractivity contribution in [1.29, 1.82) is 0 Å². The van der Waals surface area contributed by atoms with Gasteiger partial charge in [-0.15, -0.1) is 0 Å². The maximum atomic E-state index is 11.9. The lowest BCUT2D eigenvalue weighted by Gasteiger charge is -2.08. The van der Waals surface area contributed by atoms with Crippen LogP contribution in [0, 0.1) is 6.92 Å². The van der Waals surface area contributed by atoms with Crippen molar-refractivity contribution in [3.8, 4) is 0 Å². The molecule has 0 unspecified atom stereocenters. The van der Waals surface area contributed by atoms with Crippen LogP contribution in [-0.2, 0) is 6.42 Å². The number of rotatable bonds is 4. The van der Waals surface area contributed by atoms with Crippen molar-refractivity contribution in [1.82, 2.24) is 0 Å². The van der Waals surface area contributed by atoms with E-state index in [4.69, 9.17) is 18.0 Å². The van der Waals surface area contributed by atoms with E-state index in [1.807, 2.05) is 55.5 Å². The van der Waals surface area contributed by atoms with Crippen LogP contribution in [0.2, 0.25) is 0 Å². The largest absolute Gasteiger partial charge is 0.393 e. The highest BCUT2D eigenvalue weighted by Crippen LogP contribution is 2.12. The van der Waals surface area contributed by atoms with Crippen LogP contribution in [0.15, 0.2) is 48.5 Å². The van der Waals surface area contributed by atoms with Gasteiger partial charge in [0.1, 0.15) is 0 Å². The second kappa shape index (κ2) is 6.85. The molecule has 0 heterocycles. The number of carbonyl (C=O) groups is 1. The van der Waals surface area contributed by atoms with Gasteiger partial charge in [-0.25, -0.2) is 4.79 Å². The van der Waals surface area contributed by atoms with Crippen LogP contribution >= 0.6 is 12.2 Å². The number of amides is 2. The molecule has 5 heteroatoms. The summed E-state index contributed by atoms with van der Waals surface area (Å²) in [6.07, 6.45) is 0.561. The van der Waals surface area contributed by atoms with Crippen molar-refractivity contribution in [3.63, 3.8) is 0 Å². The first-order valence-corrected chi connectivity index (χ1v) is 6.96. The van der Waals surface area contributed by atoms with E-state index in [1.54, 1.807) is 0 Å². The van der Waals surface area contributed by atoms with Gasteiger partial charge in [-0.05, 0) is 36.8 Å². The van der Waals surface area contributed by atoms with E-state index >= 15 is 0 Å². The molecule has 0 aliphatic heterocycles. The Labute approximate surface area is 129 Å². The third-order valence-electron chi connectivity index (χ3n) is 2.90. The Hall–Kier alpha value is -2.40. The minimum absolute atomic E-state index is 0.277. The van der Waals surface area contributed by atoms with Gasteiger partial charge in [0.05, 0.1) is 4.99 Å². The summed E-state index contributed by atoms with van der Waals surface area (Å²) in [5.41, 5.74) is 9.13. The highest BCUT2D eigenvalue weighted by molar-refractivity contribution is 7.80. The van der Waals surface area contributed by atoms with Gasteiger partial charge in [0.25, 0.3) is 0 Å². The number of benzene rings is 2. The zero-order valence-corrected chi connectivity index (χ0v) is 12.5. The van der Waals surface area contributed by atoms with Gasteiger partial charge in [-0.1, -0.05) is 42.0 Å². The summed E-state index contributed by atoms with van der Waals surface area (Å²) in [7, 11) is 0. The monoisotopic (exact) mass is 299 g/mol. The van der Waals surface area contributed by atoms with Crippen LogP contribution in [0.5, 0.6) is 0 Å². The maximum absolute atomic E-state index is 11.9. The van der Waals surface area contributed by atoms with Crippen LogP contribution in [0.25, 0.3) is 0 Å². The number of nitrogens with one attached hydrogen (secondary N) is 2. The van der Waals surface area contributed by atoms with E-state index in [0.29, 0.717) is 17.1 Å². The Morgan fingerprint density at radius 3 is 1.95 bits per heavy atom. The SMILES string of the molecule is Cc1ccc(NC(=O)Nc2ccc(CC(N)=S)cc2)cc1. The fourth-order valence-corrected chi connectivity index (χ4v) is 2.00. The fraction of sp³-hybridized carbons (Fsp3) is 0.125. The number of thiocarbonyl (C=S) groups is 1. The lowest BCUT2D eigenvalue weighted by molar-refractivity contribution is 0.262. The first-order chi connectivity index (χ1) is 10.0. The summed E-state index contributed by atoms with van der Waals surface area (Å²) in [6, 6.07) is 14.8. The zero-order chi connectivity index (χ0) is 15.2. The molecule has 108 valence electrons. The number of hydrogen-bond acceptors (Lipinski definition) is 2. The summed E-state index contributed by atoms with van der Waals surface area (Å²) in [5.74, 6) is 0. The summed E-state index contributed by atoms with van der Waals surface area (Å²) in [4.78, 5) is 12.3. The van der Waals surface area contributed by atoms with E-state index < -0.39 is 0 Å². The predicted molar refractivity (Wildman–Crippen MR) is 90.8 cm³/mol. The molecule has 0 spiro atoms. The molecule has 2 amide bonds. The molecule has 4 N–H and O–H groups in total. The van der Waals surface area contributed by atoms with E-state index in [-0.39, 0.29) is 6.03 Å². The highest BCUT2D eigenvalue weighted by Gasteiger charge is 2.03. The Morgan fingerprint density at radius 2 is 1.48 bits per heavy atom. The second-order valence-corrected chi connectivity index (χ2v) is 5.31. The van der Waals surface area contributed by atoms with E-state index in [1.165, 1.54) is 0 Å². The molecule has 2 rings (SSSR count). The molecule has 0 fully saturated rings. The highest BCUT2D eigenvalue weighted by atomic mass is 32.1. The molecule has 0 saturated carbocycles. The lowest BCUT2D eigenvalue weighted by Crippen LogP contribution is -2.19. The Kier molecular flexibility index (Phi) is 4.90. The molecule has 2 aromatic rings. The Bertz CT molecular complexity index is 636. The minimum Gasteiger partial charge on any atom is -0.393 e. The first-order valence-electron chi connectivity index (χ1n) is 6.55. The molecule has 2 aromatic carbocycles. The summed E-state index contributed by atoms with van der Waals surface area (Å²) in [5, 5.41) is 5.55. The van der Waals surface area contributed by atoms with Crippen LogP contribution in [0.3, 0.4) is 0 Å².